The Bertz CT molecular complexity index is 1350. The number of hydrogen-bond acceptors (Lipinski definition) is 6. The fourth-order valence-corrected chi connectivity index (χ4v) is 4.06. The molecule has 0 radical (unpaired) electrons. The van der Waals surface area contributed by atoms with Crippen LogP contribution in [-0.4, -0.2) is 33.3 Å². The van der Waals surface area contributed by atoms with Crippen molar-refractivity contribution in [3.05, 3.63) is 82.6 Å². The van der Waals surface area contributed by atoms with Gasteiger partial charge in [0.25, 0.3) is 0 Å². The second kappa shape index (κ2) is 10.1. The van der Waals surface area contributed by atoms with Gasteiger partial charge in [-0.25, -0.2) is 14.3 Å². The Morgan fingerprint density at radius 2 is 1.83 bits per heavy atom. The molecule has 0 spiro atoms. The Morgan fingerprint density at radius 1 is 1.09 bits per heavy atom. The van der Waals surface area contributed by atoms with Crippen LogP contribution in [0.4, 0.5) is 0 Å². The monoisotopic (exact) mass is 493 g/mol. The predicted molar refractivity (Wildman–Crippen MR) is 135 cm³/mol. The second-order valence-corrected chi connectivity index (χ2v) is 9.49. The van der Waals surface area contributed by atoms with Crippen molar-refractivity contribution in [2.45, 2.75) is 46.0 Å². The molecule has 2 aromatic carbocycles. The van der Waals surface area contributed by atoms with Gasteiger partial charge >= 0.3 is 5.97 Å². The molecule has 1 atom stereocenters. The molecule has 7 nitrogen and oxygen atoms in total. The summed E-state index contributed by atoms with van der Waals surface area (Å²) in [7, 11) is 1.31. The third-order valence-electron chi connectivity index (χ3n) is 5.30. The van der Waals surface area contributed by atoms with Crippen molar-refractivity contribution < 1.29 is 19.0 Å². The minimum Gasteiger partial charge on any atom is -0.489 e. The topological polar surface area (TPSA) is 75.0 Å². The fourth-order valence-electron chi connectivity index (χ4n) is 3.70. The summed E-state index contributed by atoms with van der Waals surface area (Å²) in [6.45, 7) is 7.83. The largest absolute Gasteiger partial charge is 0.489 e. The van der Waals surface area contributed by atoms with E-state index in [2.05, 4.69) is 10.1 Å². The van der Waals surface area contributed by atoms with Crippen LogP contribution >= 0.6 is 11.6 Å². The van der Waals surface area contributed by atoms with Gasteiger partial charge in [0.15, 0.2) is 11.8 Å². The molecule has 0 N–H and O–H groups in total. The lowest BCUT2D eigenvalue weighted by molar-refractivity contribution is -0.164. The predicted octanol–water partition coefficient (Wildman–Crippen LogP) is 5.97. The molecule has 4 rings (SSSR count). The summed E-state index contributed by atoms with van der Waals surface area (Å²) in [4.78, 5) is 17.2. The highest BCUT2D eigenvalue weighted by atomic mass is 35.5. The number of methoxy groups -OCH3 is 1. The molecule has 0 aliphatic heterocycles. The minimum absolute atomic E-state index is 0.245. The molecular formula is C27H28ClN3O4. The Kier molecular flexibility index (Phi) is 7.10. The first kappa shape index (κ1) is 24.7. The van der Waals surface area contributed by atoms with Crippen LogP contribution in [0.3, 0.4) is 0 Å². The number of halogens is 1. The first-order chi connectivity index (χ1) is 16.7. The summed E-state index contributed by atoms with van der Waals surface area (Å²) in [5.41, 5.74) is 3.55. The van der Waals surface area contributed by atoms with E-state index in [1.54, 1.807) is 6.92 Å². The molecule has 0 amide bonds. The van der Waals surface area contributed by atoms with E-state index in [4.69, 9.17) is 25.8 Å². The Hall–Kier alpha value is -3.42. The average Bonchev–Trinajstić information content (AvgIpc) is 3.26. The molecule has 2 heterocycles. The zero-order valence-electron chi connectivity index (χ0n) is 20.4. The van der Waals surface area contributed by atoms with Crippen LogP contribution in [0.15, 0.2) is 60.7 Å². The summed E-state index contributed by atoms with van der Waals surface area (Å²) in [6, 6.07) is 19.5. The van der Waals surface area contributed by atoms with Gasteiger partial charge in [-0.1, -0.05) is 54.1 Å². The van der Waals surface area contributed by atoms with Crippen molar-refractivity contribution in [3.63, 3.8) is 0 Å². The van der Waals surface area contributed by atoms with Crippen LogP contribution in [0, 0.1) is 6.92 Å². The van der Waals surface area contributed by atoms with Gasteiger partial charge in [-0.3, -0.25) is 0 Å². The van der Waals surface area contributed by atoms with Crippen LogP contribution in [0.1, 0.15) is 43.7 Å². The van der Waals surface area contributed by atoms with E-state index in [9.17, 15) is 4.79 Å². The molecule has 4 aromatic rings. The van der Waals surface area contributed by atoms with Crippen LogP contribution in [0.2, 0.25) is 5.15 Å². The van der Waals surface area contributed by atoms with Gasteiger partial charge in [0, 0.05) is 17.3 Å². The van der Waals surface area contributed by atoms with Crippen molar-refractivity contribution in [1.82, 2.24) is 14.6 Å². The third-order valence-corrected chi connectivity index (χ3v) is 5.66. The smallest absolute Gasteiger partial charge is 0.339 e. The van der Waals surface area contributed by atoms with Gasteiger partial charge in [-0.05, 0) is 45.4 Å². The van der Waals surface area contributed by atoms with E-state index in [1.807, 2.05) is 81.4 Å². The number of ether oxygens (including phenoxy) is 3. The zero-order chi connectivity index (χ0) is 25.2. The zero-order valence-corrected chi connectivity index (χ0v) is 21.2. The molecule has 182 valence electrons. The van der Waals surface area contributed by atoms with Crippen molar-refractivity contribution in [2.75, 3.05) is 7.11 Å². The minimum atomic E-state index is -1.04. The van der Waals surface area contributed by atoms with E-state index >= 15 is 0 Å². The summed E-state index contributed by atoms with van der Waals surface area (Å²) in [5, 5.41) is 4.91. The number of aromatic nitrogens is 3. The molecular weight excluding hydrogens is 466 g/mol. The molecule has 0 saturated carbocycles. The summed E-state index contributed by atoms with van der Waals surface area (Å²) in [6.07, 6.45) is -1.04. The maximum Gasteiger partial charge on any atom is 0.339 e. The summed E-state index contributed by atoms with van der Waals surface area (Å²) in [5.74, 6) is 0.172. The Morgan fingerprint density at radius 3 is 2.51 bits per heavy atom. The van der Waals surface area contributed by atoms with Gasteiger partial charge in [-0.2, -0.15) is 5.10 Å². The van der Waals surface area contributed by atoms with Crippen molar-refractivity contribution in [3.8, 4) is 17.0 Å². The number of carbonyl (C=O) groups is 1. The standard InChI is InChI=1S/C27H28ClN3O4/c1-17-23(24(26(32)33-5)35-27(2,3)4)25(28)31-22(29-17)15-21(30-31)19-12-9-13-20(14-19)34-16-18-10-7-6-8-11-18/h6-15,24H,16H2,1-5H3. The lowest BCUT2D eigenvalue weighted by atomic mass is 10.1. The number of esters is 1. The fraction of sp³-hybridized carbons (Fsp3) is 0.296. The van der Waals surface area contributed by atoms with E-state index in [0.717, 1.165) is 16.9 Å². The maximum atomic E-state index is 12.6. The summed E-state index contributed by atoms with van der Waals surface area (Å²) >= 11 is 6.77. The SMILES string of the molecule is COC(=O)C(OC(C)(C)C)c1c(C)nc2cc(-c3cccc(OCc4ccccc4)c3)nn2c1Cl. The van der Waals surface area contributed by atoms with Gasteiger partial charge < -0.3 is 14.2 Å². The lowest BCUT2D eigenvalue weighted by Crippen LogP contribution is -2.29. The molecule has 0 aliphatic rings. The summed E-state index contributed by atoms with van der Waals surface area (Å²) < 4.78 is 18.5. The molecule has 0 aliphatic carbocycles. The maximum absolute atomic E-state index is 12.6. The van der Waals surface area contributed by atoms with E-state index in [-0.39, 0.29) is 5.15 Å². The highest BCUT2D eigenvalue weighted by Crippen LogP contribution is 2.34. The highest BCUT2D eigenvalue weighted by molar-refractivity contribution is 6.30. The normalized spacial score (nSPS) is 12.5. The van der Waals surface area contributed by atoms with E-state index in [1.165, 1.54) is 11.6 Å². The lowest BCUT2D eigenvalue weighted by Gasteiger charge is -2.27. The van der Waals surface area contributed by atoms with E-state index in [0.29, 0.717) is 29.2 Å². The number of hydrogen-bond donors (Lipinski definition) is 0. The second-order valence-electron chi connectivity index (χ2n) is 9.14. The molecule has 8 heteroatoms. The number of benzene rings is 2. The molecule has 0 fully saturated rings. The van der Waals surface area contributed by atoms with Gasteiger partial charge in [0.1, 0.15) is 17.5 Å². The third kappa shape index (κ3) is 5.63. The van der Waals surface area contributed by atoms with Crippen LogP contribution in [-0.2, 0) is 20.9 Å². The van der Waals surface area contributed by atoms with Gasteiger partial charge in [0.05, 0.1) is 24.0 Å². The van der Waals surface area contributed by atoms with Crippen LogP contribution < -0.4 is 4.74 Å². The number of fused-ring (bicyclic) bond motifs is 1. The van der Waals surface area contributed by atoms with E-state index < -0.39 is 17.7 Å². The van der Waals surface area contributed by atoms with Crippen LogP contribution in [0.5, 0.6) is 5.75 Å². The quantitative estimate of drug-likeness (QED) is 0.233. The van der Waals surface area contributed by atoms with Crippen LogP contribution in [0.25, 0.3) is 16.9 Å². The highest BCUT2D eigenvalue weighted by Gasteiger charge is 2.33. The van der Waals surface area contributed by atoms with Crippen molar-refractivity contribution in [1.29, 1.82) is 0 Å². The molecule has 35 heavy (non-hydrogen) atoms. The molecule has 0 bridgehead atoms. The molecule has 0 saturated heterocycles. The Balaban J connectivity index is 1.69. The molecule has 1 unspecified atom stereocenters. The number of rotatable bonds is 7. The number of nitrogens with zero attached hydrogens (tertiary/aromatic N) is 3. The van der Waals surface area contributed by atoms with Gasteiger partial charge in [-0.15, -0.1) is 0 Å². The van der Waals surface area contributed by atoms with Crippen molar-refractivity contribution >= 4 is 23.2 Å². The van der Waals surface area contributed by atoms with Crippen molar-refractivity contribution in [2.24, 2.45) is 0 Å². The average molecular weight is 494 g/mol. The van der Waals surface area contributed by atoms with Gasteiger partial charge in [0.2, 0.25) is 0 Å². The first-order valence-electron chi connectivity index (χ1n) is 11.2. The Labute approximate surface area is 209 Å². The molecule has 2 aromatic heterocycles. The first-order valence-corrected chi connectivity index (χ1v) is 11.6. The number of carbonyl (C=O) groups excluding carboxylic acids is 1. The number of aryl methyl sites for hydroxylation is 1.